The van der Waals surface area contributed by atoms with Gasteiger partial charge in [0.15, 0.2) is 0 Å². The van der Waals surface area contributed by atoms with Crippen molar-refractivity contribution in [3.05, 3.63) is 28.8 Å². The first-order chi connectivity index (χ1) is 6.79. The summed E-state index contributed by atoms with van der Waals surface area (Å²) in [5, 5.41) is 19.0. The molecule has 0 saturated carbocycles. The molecule has 0 aliphatic rings. The number of halogens is 1. The topological polar surface area (TPSA) is 40.5 Å². The average molecular weight is 227 g/mol. The maximum absolute atomic E-state index is 9.20. The van der Waals surface area contributed by atoms with Gasteiger partial charge >= 0.3 is 7.12 Å². The van der Waals surface area contributed by atoms with Gasteiger partial charge in [0.25, 0.3) is 0 Å². The number of hydrogen-bond donors (Lipinski definition) is 2. The molecular formula is C11H16BClO2. The summed E-state index contributed by atoms with van der Waals surface area (Å²) in [6.45, 7) is 6.30. The van der Waals surface area contributed by atoms with Crippen molar-refractivity contribution in [3.8, 4) is 0 Å². The van der Waals surface area contributed by atoms with Gasteiger partial charge in [0.1, 0.15) is 0 Å². The molecule has 0 spiro atoms. The first-order valence-corrected chi connectivity index (χ1v) is 5.32. The predicted molar refractivity (Wildman–Crippen MR) is 64.4 cm³/mol. The number of hydrogen-bond acceptors (Lipinski definition) is 2. The van der Waals surface area contributed by atoms with Crippen molar-refractivity contribution in [1.29, 1.82) is 0 Å². The van der Waals surface area contributed by atoms with Crippen LogP contribution in [0.5, 0.6) is 0 Å². The van der Waals surface area contributed by atoms with E-state index < -0.39 is 7.12 Å². The zero-order valence-electron chi connectivity index (χ0n) is 9.29. The fourth-order valence-corrected chi connectivity index (χ4v) is 1.75. The van der Waals surface area contributed by atoms with E-state index in [1.807, 2.05) is 0 Å². The van der Waals surface area contributed by atoms with E-state index in [-0.39, 0.29) is 5.41 Å². The second-order valence-corrected chi connectivity index (χ2v) is 5.39. The highest BCUT2D eigenvalue weighted by Gasteiger charge is 2.20. The average Bonchev–Trinajstić information content (AvgIpc) is 1.99. The lowest BCUT2D eigenvalue weighted by Crippen LogP contribution is -2.34. The molecule has 0 aromatic heterocycles. The van der Waals surface area contributed by atoms with E-state index in [0.717, 1.165) is 12.0 Å². The van der Waals surface area contributed by atoms with E-state index >= 15 is 0 Å². The van der Waals surface area contributed by atoms with Crippen molar-refractivity contribution in [2.45, 2.75) is 27.2 Å². The molecule has 1 aromatic carbocycles. The van der Waals surface area contributed by atoms with E-state index in [1.54, 1.807) is 18.2 Å². The Morgan fingerprint density at radius 2 is 1.87 bits per heavy atom. The summed E-state index contributed by atoms with van der Waals surface area (Å²) in [7, 11) is -1.43. The molecule has 1 aromatic rings. The zero-order chi connectivity index (χ0) is 11.6. The van der Waals surface area contributed by atoms with Gasteiger partial charge in [0.05, 0.1) is 0 Å². The van der Waals surface area contributed by atoms with E-state index in [4.69, 9.17) is 11.6 Å². The van der Waals surface area contributed by atoms with Crippen LogP contribution in [-0.4, -0.2) is 17.2 Å². The molecule has 0 aliphatic carbocycles. The minimum absolute atomic E-state index is 0.0916. The molecule has 15 heavy (non-hydrogen) atoms. The number of rotatable bonds is 2. The fourth-order valence-electron chi connectivity index (χ4n) is 1.55. The molecule has 0 unspecified atom stereocenters. The summed E-state index contributed by atoms with van der Waals surface area (Å²) in [6.07, 6.45) is 0.764. The van der Waals surface area contributed by atoms with Crippen LogP contribution in [0, 0.1) is 5.41 Å². The van der Waals surface area contributed by atoms with Crippen LogP contribution in [0.2, 0.25) is 5.02 Å². The zero-order valence-corrected chi connectivity index (χ0v) is 10.0. The molecule has 0 bridgehead atoms. The molecule has 82 valence electrons. The standard InChI is InChI=1S/C11H16BClO2/c1-11(2,3)7-8-6-9(13)4-5-10(8)12(14)15/h4-6,14-15H,7H2,1-3H3. The first-order valence-electron chi connectivity index (χ1n) is 4.94. The Morgan fingerprint density at radius 1 is 1.27 bits per heavy atom. The van der Waals surface area contributed by atoms with Gasteiger partial charge in [0.2, 0.25) is 0 Å². The van der Waals surface area contributed by atoms with Crippen LogP contribution in [0.25, 0.3) is 0 Å². The van der Waals surface area contributed by atoms with Crippen LogP contribution in [0.1, 0.15) is 26.3 Å². The van der Waals surface area contributed by atoms with Crippen molar-refractivity contribution in [1.82, 2.24) is 0 Å². The van der Waals surface area contributed by atoms with Gasteiger partial charge < -0.3 is 10.0 Å². The van der Waals surface area contributed by atoms with Gasteiger partial charge in [-0.05, 0) is 35.0 Å². The van der Waals surface area contributed by atoms with Crippen LogP contribution in [-0.2, 0) is 6.42 Å². The summed E-state index contributed by atoms with van der Waals surface area (Å²) in [4.78, 5) is 0. The molecule has 0 heterocycles. The lowest BCUT2D eigenvalue weighted by molar-refractivity contribution is 0.407. The molecule has 0 atom stereocenters. The van der Waals surface area contributed by atoms with E-state index in [2.05, 4.69) is 20.8 Å². The van der Waals surface area contributed by atoms with Crippen molar-refractivity contribution in [2.24, 2.45) is 5.41 Å². The monoisotopic (exact) mass is 226 g/mol. The fraction of sp³-hybridized carbons (Fsp3) is 0.455. The van der Waals surface area contributed by atoms with E-state index in [0.29, 0.717) is 10.5 Å². The summed E-state index contributed by atoms with van der Waals surface area (Å²) >= 11 is 5.89. The SMILES string of the molecule is CC(C)(C)Cc1cc(Cl)ccc1B(O)O. The molecule has 2 N–H and O–H groups in total. The Balaban J connectivity index is 3.08. The molecule has 4 heteroatoms. The lowest BCUT2D eigenvalue weighted by atomic mass is 9.73. The van der Waals surface area contributed by atoms with Crippen molar-refractivity contribution in [3.63, 3.8) is 0 Å². The highest BCUT2D eigenvalue weighted by Crippen LogP contribution is 2.21. The second-order valence-electron chi connectivity index (χ2n) is 4.95. The molecule has 0 saturated heterocycles. The predicted octanol–water partition coefficient (Wildman–Crippen LogP) is 1.61. The van der Waals surface area contributed by atoms with Crippen LogP contribution in [0.15, 0.2) is 18.2 Å². The van der Waals surface area contributed by atoms with Gasteiger partial charge in [-0.15, -0.1) is 0 Å². The van der Waals surface area contributed by atoms with Crippen molar-refractivity contribution < 1.29 is 10.0 Å². The quantitative estimate of drug-likeness (QED) is 0.752. The van der Waals surface area contributed by atoms with Crippen molar-refractivity contribution >= 4 is 24.2 Å². The van der Waals surface area contributed by atoms with E-state index in [1.165, 1.54) is 0 Å². The van der Waals surface area contributed by atoms with Crippen LogP contribution < -0.4 is 5.46 Å². The molecule has 0 fully saturated rings. The Labute approximate surface area is 96.0 Å². The molecule has 0 radical (unpaired) electrons. The summed E-state index contributed by atoms with van der Waals surface area (Å²) in [6, 6.07) is 5.12. The summed E-state index contributed by atoms with van der Waals surface area (Å²) < 4.78 is 0. The van der Waals surface area contributed by atoms with Crippen molar-refractivity contribution in [2.75, 3.05) is 0 Å². The summed E-state index contributed by atoms with van der Waals surface area (Å²) in [5.74, 6) is 0. The highest BCUT2D eigenvalue weighted by molar-refractivity contribution is 6.59. The smallest absolute Gasteiger partial charge is 0.423 e. The third-order valence-electron chi connectivity index (χ3n) is 2.10. The van der Waals surface area contributed by atoms with Crippen LogP contribution >= 0.6 is 11.6 Å². The lowest BCUT2D eigenvalue weighted by Gasteiger charge is -2.20. The third-order valence-corrected chi connectivity index (χ3v) is 2.34. The number of benzene rings is 1. The van der Waals surface area contributed by atoms with Gasteiger partial charge in [-0.2, -0.15) is 0 Å². The second kappa shape index (κ2) is 4.56. The highest BCUT2D eigenvalue weighted by atomic mass is 35.5. The maximum atomic E-state index is 9.20. The maximum Gasteiger partial charge on any atom is 0.488 e. The Hall–Kier alpha value is -0.505. The molecule has 2 nitrogen and oxygen atoms in total. The van der Waals surface area contributed by atoms with E-state index in [9.17, 15) is 10.0 Å². The van der Waals surface area contributed by atoms with Gasteiger partial charge in [-0.1, -0.05) is 38.4 Å². The molecule has 0 amide bonds. The summed E-state index contributed by atoms with van der Waals surface area (Å²) in [5.41, 5.74) is 1.52. The first kappa shape index (κ1) is 12.6. The van der Waals surface area contributed by atoms with Crippen LogP contribution in [0.3, 0.4) is 0 Å². The Bertz CT molecular complexity index is 345. The molecule has 0 aliphatic heterocycles. The minimum Gasteiger partial charge on any atom is -0.423 e. The van der Waals surface area contributed by atoms with Gasteiger partial charge in [-0.25, -0.2) is 0 Å². The molecule has 1 rings (SSSR count). The molecular weight excluding hydrogens is 210 g/mol. The Kier molecular flexibility index (Phi) is 3.82. The van der Waals surface area contributed by atoms with Gasteiger partial charge in [0, 0.05) is 5.02 Å². The van der Waals surface area contributed by atoms with Gasteiger partial charge in [-0.3, -0.25) is 0 Å². The minimum atomic E-state index is -1.43. The largest absolute Gasteiger partial charge is 0.488 e. The third kappa shape index (κ3) is 3.86. The van der Waals surface area contributed by atoms with Crippen LogP contribution in [0.4, 0.5) is 0 Å². The normalized spacial score (nSPS) is 11.6. The Morgan fingerprint density at radius 3 is 2.33 bits per heavy atom.